The Hall–Kier alpha value is -2.42. The first-order valence-electron chi connectivity index (χ1n) is 11.5. The van der Waals surface area contributed by atoms with Gasteiger partial charge < -0.3 is 15.0 Å². The molecule has 7 nitrogen and oxygen atoms in total. The fraction of sp³-hybridized carbons (Fsp3) is 0.458. The van der Waals surface area contributed by atoms with Crippen molar-refractivity contribution < 1.29 is 13.2 Å². The number of anilines is 1. The van der Waals surface area contributed by atoms with Gasteiger partial charge in [0.05, 0.1) is 22.0 Å². The maximum absolute atomic E-state index is 13.7. The molecule has 0 aliphatic carbocycles. The summed E-state index contributed by atoms with van der Waals surface area (Å²) in [6, 6.07) is 11.3. The molecule has 0 amide bonds. The van der Waals surface area contributed by atoms with Crippen LogP contribution in [0.3, 0.4) is 0 Å². The van der Waals surface area contributed by atoms with Crippen molar-refractivity contribution in [3.63, 3.8) is 0 Å². The summed E-state index contributed by atoms with van der Waals surface area (Å²) < 4.78 is 34.6. The minimum atomic E-state index is -3.76. The van der Waals surface area contributed by atoms with Crippen LogP contribution in [0.25, 0.3) is 11.0 Å². The predicted molar refractivity (Wildman–Crippen MR) is 126 cm³/mol. The van der Waals surface area contributed by atoms with Crippen molar-refractivity contribution in [1.82, 2.24) is 14.3 Å². The van der Waals surface area contributed by atoms with Crippen LogP contribution in [-0.4, -0.2) is 55.8 Å². The third-order valence-corrected chi connectivity index (χ3v) is 8.19. The molecule has 1 aromatic carbocycles. The molecule has 170 valence electrons. The van der Waals surface area contributed by atoms with Crippen molar-refractivity contribution in [3.05, 3.63) is 54.4 Å². The summed E-state index contributed by atoms with van der Waals surface area (Å²) in [6.45, 7) is 5.36. The van der Waals surface area contributed by atoms with E-state index >= 15 is 0 Å². The highest BCUT2D eigenvalue weighted by Gasteiger charge is 2.27. The lowest BCUT2D eigenvalue weighted by Crippen LogP contribution is -2.23. The van der Waals surface area contributed by atoms with Crippen molar-refractivity contribution in [2.24, 2.45) is 0 Å². The van der Waals surface area contributed by atoms with Crippen LogP contribution >= 0.6 is 0 Å². The Morgan fingerprint density at radius 3 is 2.94 bits per heavy atom. The molecule has 2 unspecified atom stereocenters. The van der Waals surface area contributed by atoms with E-state index in [-0.39, 0.29) is 6.10 Å². The van der Waals surface area contributed by atoms with Crippen LogP contribution in [0.5, 0.6) is 0 Å². The van der Waals surface area contributed by atoms with E-state index in [2.05, 4.69) is 15.2 Å². The average Bonchev–Trinajstić information content (AvgIpc) is 3.56. The Morgan fingerprint density at radius 1 is 1.22 bits per heavy atom. The molecular formula is C24H30N4O3S. The highest BCUT2D eigenvalue weighted by molar-refractivity contribution is 7.90. The first-order valence-corrected chi connectivity index (χ1v) is 12.9. The van der Waals surface area contributed by atoms with Crippen molar-refractivity contribution >= 4 is 26.7 Å². The van der Waals surface area contributed by atoms with Gasteiger partial charge in [0.2, 0.25) is 0 Å². The van der Waals surface area contributed by atoms with Crippen LogP contribution < -0.4 is 10.2 Å². The molecule has 0 radical (unpaired) electrons. The van der Waals surface area contributed by atoms with Gasteiger partial charge in [0.1, 0.15) is 0 Å². The number of nitrogens with zero attached hydrogens (tertiary/aromatic N) is 3. The van der Waals surface area contributed by atoms with Crippen molar-refractivity contribution in [1.29, 1.82) is 0 Å². The Bertz CT molecular complexity index is 1200. The monoisotopic (exact) mass is 454 g/mol. The van der Waals surface area contributed by atoms with E-state index in [1.54, 1.807) is 30.6 Å². The first-order chi connectivity index (χ1) is 15.6. The number of nitrogens with one attached hydrogen (secondary N) is 1. The molecule has 8 heteroatoms. The van der Waals surface area contributed by atoms with Gasteiger partial charge in [0.15, 0.2) is 0 Å². The van der Waals surface area contributed by atoms with E-state index < -0.39 is 10.0 Å². The zero-order chi connectivity index (χ0) is 22.1. The molecule has 32 heavy (non-hydrogen) atoms. The average molecular weight is 455 g/mol. The number of aromatic nitrogens is 2. The third-order valence-electron chi connectivity index (χ3n) is 6.52. The van der Waals surface area contributed by atoms with Gasteiger partial charge in [-0.3, -0.25) is 4.98 Å². The second-order valence-corrected chi connectivity index (χ2v) is 10.4. The number of fused-ring (bicyclic) bond motifs is 1. The maximum Gasteiger partial charge on any atom is 0.268 e. The molecule has 2 aromatic heterocycles. The van der Waals surface area contributed by atoms with Crippen LogP contribution in [0.15, 0.2) is 53.7 Å². The van der Waals surface area contributed by atoms with Crippen LogP contribution in [0, 0.1) is 0 Å². The molecule has 0 saturated carbocycles. The van der Waals surface area contributed by atoms with Crippen LogP contribution in [0.4, 0.5) is 5.69 Å². The number of hydrogen-bond donors (Lipinski definition) is 1. The molecule has 0 spiro atoms. The number of ether oxygens (including phenoxy) is 1. The predicted octanol–water partition coefficient (Wildman–Crippen LogP) is 3.18. The van der Waals surface area contributed by atoms with Crippen LogP contribution in [-0.2, 0) is 21.2 Å². The second kappa shape index (κ2) is 8.84. The largest absolute Gasteiger partial charge is 0.377 e. The van der Waals surface area contributed by atoms with E-state index in [0.717, 1.165) is 62.1 Å². The van der Waals surface area contributed by atoms with Gasteiger partial charge in [-0.1, -0.05) is 6.07 Å². The van der Waals surface area contributed by atoms with E-state index in [1.807, 2.05) is 25.1 Å². The Kier molecular flexibility index (Phi) is 5.92. The molecule has 2 aliphatic heterocycles. The SMILES string of the molecule is CCOC1CCN(c2cccc(S(=O)(=O)n3cc(CC4CCCN4)c4ncccc43)c2)C1. The summed E-state index contributed by atoms with van der Waals surface area (Å²) in [5.74, 6) is 0. The summed E-state index contributed by atoms with van der Waals surface area (Å²) in [5, 5.41) is 3.50. The van der Waals surface area contributed by atoms with E-state index in [1.165, 1.54) is 3.97 Å². The van der Waals surface area contributed by atoms with Gasteiger partial charge in [-0.05, 0) is 75.0 Å². The fourth-order valence-electron chi connectivity index (χ4n) is 4.93. The minimum Gasteiger partial charge on any atom is -0.377 e. The fourth-order valence-corrected chi connectivity index (χ4v) is 6.35. The van der Waals surface area contributed by atoms with E-state index in [4.69, 9.17) is 4.74 Å². The van der Waals surface area contributed by atoms with Gasteiger partial charge in [-0.25, -0.2) is 12.4 Å². The van der Waals surface area contributed by atoms with Gasteiger partial charge >= 0.3 is 0 Å². The number of benzene rings is 1. The second-order valence-electron chi connectivity index (χ2n) is 8.63. The third kappa shape index (κ3) is 4.02. The topological polar surface area (TPSA) is 76.5 Å². The smallest absolute Gasteiger partial charge is 0.268 e. The lowest BCUT2D eigenvalue weighted by molar-refractivity contribution is 0.0787. The summed E-state index contributed by atoms with van der Waals surface area (Å²) in [4.78, 5) is 7.02. The lowest BCUT2D eigenvalue weighted by Gasteiger charge is -2.19. The van der Waals surface area contributed by atoms with E-state index in [9.17, 15) is 8.42 Å². The van der Waals surface area contributed by atoms with Gasteiger partial charge in [0, 0.05) is 43.8 Å². The molecular weight excluding hydrogens is 424 g/mol. The quantitative estimate of drug-likeness (QED) is 0.591. The standard InChI is InChI=1S/C24H30N4O3S/c1-2-31-21-10-13-27(17-21)20-7-3-8-22(15-20)32(29,30)28-16-18(14-19-6-4-11-25-19)24-23(28)9-5-12-26-24/h3,5,7-9,12,15-16,19,21,25H,2,4,6,10-11,13-14,17H2,1H3. The molecule has 1 N–H and O–H groups in total. The zero-order valence-corrected chi connectivity index (χ0v) is 19.2. The molecule has 2 fully saturated rings. The van der Waals surface area contributed by atoms with Crippen molar-refractivity contribution in [3.8, 4) is 0 Å². The van der Waals surface area contributed by atoms with Gasteiger partial charge in [-0.2, -0.15) is 0 Å². The highest BCUT2D eigenvalue weighted by atomic mass is 32.2. The summed E-state index contributed by atoms with van der Waals surface area (Å²) in [7, 11) is -3.76. The Morgan fingerprint density at radius 2 is 2.12 bits per heavy atom. The molecule has 5 rings (SSSR count). The zero-order valence-electron chi connectivity index (χ0n) is 18.4. The van der Waals surface area contributed by atoms with E-state index in [0.29, 0.717) is 23.1 Å². The highest BCUT2D eigenvalue weighted by Crippen LogP contribution is 2.29. The normalized spacial score (nSPS) is 21.6. The summed E-state index contributed by atoms with van der Waals surface area (Å²) >= 11 is 0. The van der Waals surface area contributed by atoms with Gasteiger partial charge in [0.25, 0.3) is 10.0 Å². The molecule has 2 saturated heterocycles. The Balaban J connectivity index is 1.48. The van der Waals surface area contributed by atoms with Crippen LogP contribution in [0.2, 0.25) is 0 Å². The number of hydrogen-bond acceptors (Lipinski definition) is 6. The Labute approximate surface area is 189 Å². The molecule has 2 aliphatic rings. The lowest BCUT2D eigenvalue weighted by atomic mass is 10.1. The molecule has 2 atom stereocenters. The molecule has 4 heterocycles. The van der Waals surface area contributed by atoms with Crippen molar-refractivity contribution in [2.75, 3.05) is 31.1 Å². The summed E-state index contributed by atoms with van der Waals surface area (Å²) in [6.07, 6.45) is 7.69. The van der Waals surface area contributed by atoms with Crippen LogP contribution in [0.1, 0.15) is 31.7 Å². The maximum atomic E-state index is 13.7. The van der Waals surface area contributed by atoms with Crippen molar-refractivity contribution in [2.45, 2.75) is 49.6 Å². The molecule has 3 aromatic rings. The van der Waals surface area contributed by atoms with Gasteiger partial charge in [-0.15, -0.1) is 0 Å². The first kappa shape index (κ1) is 21.4. The summed E-state index contributed by atoms with van der Waals surface area (Å²) in [5.41, 5.74) is 3.28. The minimum absolute atomic E-state index is 0.200. The number of pyridine rings is 1. The molecule has 0 bridgehead atoms. The number of rotatable bonds is 7.